The zero-order chi connectivity index (χ0) is 9.68. The van der Waals surface area contributed by atoms with Crippen molar-refractivity contribution in [3.05, 3.63) is 36.4 Å². The van der Waals surface area contributed by atoms with Gasteiger partial charge in [0.15, 0.2) is 0 Å². The Kier molecular flexibility index (Phi) is 3.09. The van der Waals surface area contributed by atoms with Gasteiger partial charge in [0, 0.05) is 0 Å². The lowest BCUT2D eigenvalue weighted by molar-refractivity contribution is 0.322. The molecule has 68 valence electrons. The van der Waals surface area contributed by atoms with Crippen LogP contribution in [0.4, 0.5) is 0 Å². The number of rotatable bonds is 3. The molecule has 13 heavy (non-hydrogen) atoms. The third-order valence-electron chi connectivity index (χ3n) is 1.67. The Hall–Kier alpha value is -1.77. The number of nitrogens with zero attached hydrogens (tertiary/aromatic N) is 1. The van der Waals surface area contributed by atoms with Gasteiger partial charge in [0.2, 0.25) is 0 Å². The van der Waals surface area contributed by atoms with Crippen LogP contribution in [-0.4, -0.2) is 18.5 Å². The number of methoxy groups -OCH3 is 1. The molecule has 1 aromatic rings. The molecule has 0 radical (unpaired) electrons. The van der Waals surface area contributed by atoms with E-state index in [1.807, 2.05) is 24.3 Å². The van der Waals surface area contributed by atoms with Gasteiger partial charge in [0.25, 0.3) is 0 Å². The van der Waals surface area contributed by atoms with Crippen LogP contribution < -0.4 is 4.74 Å². The van der Waals surface area contributed by atoms with Crippen LogP contribution in [0.5, 0.6) is 5.75 Å². The summed E-state index contributed by atoms with van der Waals surface area (Å²) >= 11 is 0. The van der Waals surface area contributed by atoms with E-state index in [4.69, 9.17) is 9.94 Å². The van der Waals surface area contributed by atoms with Crippen molar-refractivity contribution in [2.75, 3.05) is 7.11 Å². The average Bonchev–Trinajstić information content (AvgIpc) is 2.18. The number of allylic oxidation sites excluding steroid dienone is 1. The van der Waals surface area contributed by atoms with E-state index in [9.17, 15) is 0 Å². The highest BCUT2D eigenvalue weighted by atomic mass is 16.5. The molecule has 3 heteroatoms. The highest BCUT2D eigenvalue weighted by Gasteiger charge is 1.96. The SMILES string of the molecule is C=C(/C=N\O)c1ccc(OC)cc1. The molecule has 0 aliphatic heterocycles. The van der Waals surface area contributed by atoms with Crippen LogP contribution in [0.2, 0.25) is 0 Å². The summed E-state index contributed by atoms with van der Waals surface area (Å²) in [5.41, 5.74) is 1.56. The summed E-state index contributed by atoms with van der Waals surface area (Å²) in [6.45, 7) is 3.72. The second-order valence-corrected chi connectivity index (χ2v) is 2.50. The first kappa shape index (κ1) is 9.32. The fraction of sp³-hybridized carbons (Fsp3) is 0.100. The standard InChI is InChI=1S/C10H11NO2/c1-8(7-11-12)9-3-5-10(13-2)6-4-9/h3-7,12H,1H2,2H3/b11-7-. The Balaban J connectivity index is 2.85. The second-order valence-electron chi connectivity index (χ2n) is 2.50. The van der Waals surface area contributed by atoms with Crippen molar-refractivity contribution in [2.24, 2.45) is 5.16 Å². The summed E-state index contributed by atoms with van der Waals surface area (Å²) < 4.78 is 5.00. The third-order valence-corrected chi connectivity index (χ3v) is 1.67. The minimum atomic E-state index is 0.658. The molecule has 0 spiro atoms. The molecule has 0 bridgehead atoms. The molecule has 0 aliphatic carbocycles. The van der Waals surface area contributed by atoms with Gasteiger partial charge < -0.3 is 9.94 Å². The molecule has 0 saturated heterocycles. The van der Waals surface area contributed by atoms with Crippen LogP contribution in [0, 0.1) is 0 Å². The molecule has 0 unspecified atom stereocenters. The van der Waals surface area contributed by atoms with Gasteiger partial charge in [-0.25, -0.2) is 0 Å². The van der Waals surface area contributed by atoms with E-state index in [0.717, 1.165) is 11.3 Å². The Labute approximate surface area is 77.0 Å². The molecule has 0 saturated carbocycles. The van der Waals surface area contributed by atoms with Gasteiger partial charge in [0.05, 0.1) is 13.3 Å². The van der Waals surface area contributed by atoms with Gasteiger partial charge in [0.1, 0.15) is 5.75 Å². The molecule has 1 N–H and O–H groups in total. The first-order valence-electron chi connectivity index (χ1n) is 3.78. The smallest absolute Gasteiger partial charge is 0.118 e. The predicted molar refractivity (Wildman–Crippen MR) is 52.3 cm³/mol. The van der Waals surface area contributed by atoms with Gasteiger partial charge in [-0.1, -0.05) is 23.9 Å². The largest absolute Gasteiger partial charge is 0.497 e. The number of ether oxygens (including phenoxy) is 1. The summed E-state index contributed by atoms with van der Waals surface area (Å²) in [7, 11) is 1.61. The Morgan fingerprint density at radius 2 is 2.08 bits per heavy atom. The second kappa shape index (κ2) is 4.30. The van der Waals surface area contributed by atoms with Crippen molar-refractivity contribution in [2.45, 2.75) is 0 Å². The fourth-order valence-electron chi connectivity index (χ4n) is 0.949. The van der Waals surface area contributed by atoms with E-state index in [0.29, 0.717) is 5.57 Å². The van der Waals surface area contributed by atoms with Crippen LogP contribution in [-0.2, 0) is 0 Å². The highest BCUT2D eigenvalue weighted by Crippen LogP contribution is 2.15. The monoisotopic (exact) mass is 177 g/mol. The minimum absolute atomic E-state index is 0.658. The first-order chi connectivity index (χ1) is 6.27. The van der Waals surface area contributed by atoms with E-state index in [1.165, 1.54) is 6.21 Å². The zero-order valence-electron chi connectivity index (χ0n) is 7.40. The van der Waals surface area contributed by atoms with Crippen molar-refractivity contribution in [3.63, 3.8) is 0 Å². The van der Waals surface area contributed by atoms with Crippen molar-refractivity contribution in [1.29, 1.82) is 0 Å². The average molecular weight is 177 g/mol. The lowest BCUT2D eigenvalue weighted by atomic mass is 10.1. The number of benzene rings is 1. The molecule has 0 heterocycles. The van der Waals surface area contributed by atoms with E-state index >= 15 is 0 Å². The van der Waals surface area contributed by atoms with Gasteiger partial charge in [-0.3, -0.25) is 0 Å². The summed E-state index contributed by atoms with van der Waals surface area (Å²) in [6.07, 6.45) is 1.29. The van der Waals surface area contributed by atoms with Crippen molar-refractivity contribution < 1.29 is 9.94 Å². The molecule has 0 aliphatic rings. The van der Waals surface area contributed by atoms with E-state index in [2.05, 4.69) is 11.7 Å². The molecule has 0 atom stereocenters. The third kappa shape index (κ3) is 2.33. The molecule has 0 fully saturated rings. The Bertz CT molecular complexity index is 314. The molecular weight excluding hydrogens is 166 g/mol. The van der Waals surface area contributed by atoms with E-state index in [1.54, 1.807) is 7.11 Å². The number of hydrogen-bond donors (Lipinski definition) is 1. The Morgan fingerprint density at radius 3 is 2.54 bits per heavy atom. The van der Waals surface area contributed by atoms with E-state index in [-0.39, 0.29) is 0 Å². The number of oxime groups is 1. The summed E-state index contributed by atoms with van der Waals surface area (Å²) in [4.78, 5) is 0. The van der Waals surface area contributed by atoms with Gasteiger partial charge in [-0.2, -0.15) is 0 Å². The summed E-state index contributed by atoms with van der Waals surface area (Å²) in [5.74, 6) is 0.789. The summed E-state index contributed by atoms with van der Waals surface area (Å²) in [5, 5.41) is 11.2. The van der Waals surface area contributed by atoms with Gasteiger partial charge in [-0.05, 0) is 23.3 Å². The fourth-order valence-corrected chi connectivity index (χ4v) is 0.949. The van der Waals surface area contributed by atoms with Gasteiger partial charge in [-0.15, -0.1) is 0 Å². The first-order valence-corrected chi connectivity index (χ1v) is 3.78. The quantitative estimate of drug-likeness (QED) is 0.436. The molecule has 1 rings (SSSR count). The van der Waals surface area contributed by atoms with E-state index < -0.39 is 0 Å². The number of hydrogen-bond acceptors (Lipinski definition) is 3. The van der Waals surface area contributed by atoms with Crippen LogP contribution in [0.15, 0.2) is 36.0 Å². The molecule has 3 nitrogen and oxygen atoms in total. The minimum Gasteiger partial charge on any atom is -0.497 e. The zero-order valence-corrected chi connectivity index (χ0v) is 7.40. The van der Waals surface area contributed by atoms with Crippen LogP contribution in [0.1, 0.15) is 5.56 Å². The lowest BCUT2D eigenvalue weighted by Crippen LogP contribution is -1.86. The van der Waals surface area contributed by atoms with Crippen LogP contribution in [0.25, 0.3) is 5.57 Å². The predicted octanol–water partition coefficient (Wildman–Crippen LogP) is 2.17. The summed E-state index contributed by atoms with van der Waals surface area (Å²) in [6, 6.07) is 7.35. The van der Waals surface area contributed by atoms with Crippen molar-refractivity contribution in [1.82, 2.24) is 0 Å². The topological polar surface area (TPSA) is 41.8 Å². The maximum absolute atomic E-state index is 8.28. The molecule has 0 amide bonds. The van der Waals surface area contributed by atoms with Crippen molar-refractivity contribution in [3.8, 4) is 5.75 Å². The lowest BCUT2D eigenvalue weighted by Gasteiger charge is -2.01. The Morgan fingerprint density at radius 1 is 1.46 bits per heavy atom. The van der Waals surface area contributed by atoms with Crippen LogP contribution >= 0.6 is 0 Å². The molecule has 1 aromatic carbocycles. The maximum atomic E-state index is 8.28. The molecule has 0 aromatic heterocycles. The molecular formula is C10H11NO2. The maximum Gasteiger partial charge on any atom is 0.118 e. The van der Waals surface area contributed by atoms with Crippen molar-refractivity contribution >= 4 is 11.8 Å². The highest BCUT2D eigenvalue weighted by molar-refractivity contribution is 6.08. The normalized spacial score (nSPS) is 10.2. The van der Waals surface area contributed by atoms with Crippen LogP contribution in [0.3, 0.4) is 0 Å². The van der Waals surface area contributed by atoms with Gasteiger partial charge >= 0.3 is 0 Å².